The minimum atomic E-state index is -0.282. The molecule has 0 aliphatic carbocycles. The number of nitrogens with zero attached hydrogens (tertiary/aromatic N) is 1. The van der Waals surface area contributed by atoms with Crippen molar-refractivity contribution in [2.45, 2.75) is 6.92 Å². The van der Waals surface area contributed by atoms with Gasteiger partial charge < -0.3 is 9.47 Å². The van der Waals surface area contributed by atoms with Crippen molar-refractivity contribution in [1.82, 2.24) is 0 Å². The molecule has 0 aliphatic heterocycles. The molecule has 4 nitrogen and oxygen atoms in total. The Labute approximate surface area is 137 Å². The zero-order valence-corrected chi connectivity index (χ0v) is 13.9. The predicted molar refractivity (Wildman–Crippen MR) is 89.5 cm³/mol. The molecule has 22 heavy (non-hydrogen) atoms. The van der Waals surface area contributed by atoms with E-state index in [0.717, 1.165) is 10.0 Å². The minimum absolute atomic E-state index is 0.282. The van der Waals surface area contributed by atoms with E-state index in [-0.39, 0.29) is 5.82 Å². The van der Waals surface area contributed by atoms with Crippen LogP contribution >= 0.6 is 15.9 Å². The van der Waals surface area contributed by atoms with Gasteiger partial charge in [-0.05, 0) is 64.8 Å². The van der Waals surface area contributed by atoms with Gasteiger partial charge in [-0.25, -0.2) is 4.39 Å². The van der Waals surface area contributed by atoms with Crippen molar-refractivity contribution in [3.8, 4) is 11.5 Å². The van der Waals surface area contributed by atoms with Crippen LogP contribution in [0, 0.1) is 5.82 Å². The topological polar surface area (TPSA) is 42.8 Å². The number of anilines is 1. The molecule has 0 amide bonds. The van der Waals surface area contributed by atoms with Gasteiger partial charge >= 0.3 is 0 Å². The first kappa shape index (κ1) is 16.3. The third kappa shape index (κ3) is 4.21. The highest BCUT2D eigenvalue weighted by Gasteiger charge is 2.10. The van der Waals surface area contributed by atoms with Crippen LogP contribution in [0.15, 0.2) is 46.0 Å². The number of hydrogen-bond acceptors (Lipinski definition) is 4. The number of rotatable bonds is 6. The van der Waals surface area contributed by atoms with E-state index in [2.05, 4.69) is 26.5 Å². The van der Waals surface area contributed by atoms with E-state index in [9.17, 15) is 4.39 Å². The fourth-order valence-electron chi connectivity index (χ4n) is 1.83. The van der Waals surface area contributed by atoms with Gasteiger partial charge in [0.25, 0.3) is 0 Å². The molecule has 0 heterocycles. The molecule has 2 aromatic rings. The first-order valence-corrected chi connectivity index (χ1v) is 7.48. The summed E-state index contributed by atoms with van der Waals surface area (Å²) in [6, 6.07) is 9.68. The Morgan fingerprint density at radius 2 is 2.00 bits per heavy atom. The summed E-state index contributed by atoms with van der Waals surface area (Å²) in [4.78, 5) is 0. The largest absolute Gasteiger partial charge is 0.492 e. The zero-order chi connectivity index (χ0) is 15.9. The van der Waals surface area contributed by atoms with Crippen molar-refractivity contribution in [2.75, 3.05) is 19.1 Å². The highest BCUT2D eigenvalue weighted by Crippen LogP contribution is 2.36. The van der Waals surface area contributed by atoms with E-state index in [1.165, 1.54) is 12.1 Å². The highest BCUT2D eigenvalue weighted by molar-refractivity contribution is 9.10. The van der Waals surface area contributed by atoms with Crippen LogP contribution in [0.5, 0.6) is 11.5 Å². The van der Waals surface area contributed by atoms with Crippen LogP contribution in [0.25, 0.3) is 0 Å². The standard InChI is InChI=1S/C16H16BrFN2O2/c1-3-22-15-9-11(8-14(17)16(15)21-2)10-19-20-13-6-4-12(18)5-7-13/h4-10,20H,3H2,1-2H3/b19-10-. The van der Waals surface area contributed by atoms with E-state index >= 15 is 0 Å². The first-order valence-electron chi connectivity index (χ1n) is 6.69. The molecule has 0 aliphatic rings. The summed E-state index contributed by atoms with van der Waals surface area (Å²) in [5.74, 6) is 1.00. The number of hydrogen-bond donors (Lipinski definition) is 1. The number of halogens is 2. The zero-order valence-electron chi connectivity index (χ0n) is 12.3. The molecule has 1 N–H and O–H groups in total. The third-order valence-corrected chi connectivity index (χ3v) is 3.38. The van der Waals surface area contributed by atoms with E-state index in [1.54, 1.807) is 25.5 Å². The van der Waals surface area contributed by atoms with Gasteiger partial charge in [0, 0.05) is 0 Å². The summed E-state index contributed by atoms with van der Waals surface area (Å²) in [5, 5.41) is 4.12. The lowest BCUT2D eigenvalue weighted by atomic mass is 10.2. The second kappa shape index (κ2) is 7.79. The molecule has 0 saturated carbocycles. The molecule has 0 saturated heterocycles. The number of hydrazone groups is 1. The maximum absolute atomic E-state index is 12.8. The lowest BCUT2D eigenvalue weighted by molar-refractivity contribution is 0.310. The molecule has 2 rings (SSSR count). The molecule has 0 atom stereocenters. The van der Waals surface area contributed by atoms with E-state index in [4.69, 9.17) is 9.47 Å². The second-order valence-corrected chi connectivity index (χ2v) is 5.20. The first-order chi connectivity index (χ1) is 10.6. The van der Waals surface area contributed by atoms with Crippen LogP contribution in [0.1, 0.15) is 12.5 Å². The maximum Gasteiger partial charge on any atom is 0.174 e. The Kier molecular flexibility index (Phi) is 5.77. The number of methoxy groups -OCH3 is 1. The lowest BCUT2D eigenvalue weighted by Crippen LogP contribution is -1.98. The van der Waals surface area contributed by atoms with Crippen molar-refractivity contribution >= 4 is 27.8 Å². The Morgan fingerprint density at radius 1 is 1.27 bits per heavy atom. The van der Waals surface area contributed by atoms with Crippen molar-refractivity contribution in [3.05, 3.63) is 52.3 Å². The van der Waals surface area contributed by atoms with Crippen LogP contribution < -0.4 is 14.9 Å². The SMILES string of the molecule is CCOc1cc(/C=N\Nc2ccc(F)cc2)cc(Br)c1OC. The lowest BCUT2D eigenvalue weighted by Gasteiger charge is -2.11. The van der Waals surface area contributed by atoms with Gasteiger partial charge in [0.05, 0.1) is 30.1 Å². The second-order valence-electron chi connectivity index (χ2n) is 4.34. The molecular formula is C16H16BrFN2O2. The summed E-state index contributed by atoms with van der Waals surface area (Å²) < 4.78 is 24.4. The van der Waals surface area contributed by atoms with E-state index in [0.29, 0.717) is 23.8 Å². The van der Waals surface area contributed by atoms with Crippen molar-refractivity contribution < 1.29 is 13.9 Å². The molecule has 0 aromatic heterocycles. The van der Waals surface area contributed by atoms with Crippen LogP contribution in [0.3, 0.4) is 0 Å². The summed E-state index contributed by atoms with van der Waals surface area (Å²) in [6.07, 6.45) is 1.65. The summed E-state index contributed by atoms with van der Waals surface area (Å²) in [7, 11) is 1.59. The van der Waals surface area contributed by atoms with E-state index < -0.39 is 0 Å². The van der Waals surface area contributed by atoms with Crippen molar-refractivity contribution in [1.29, 1.82) is 0 Å². The Hall–Kier alpha value is -2.08. The Bertz CT molecular complexity index is 660. The molecule has 0 bridgehead atoms. The number of ether oxygens (including phenoxy) is 2. The molecule has 6 heteroatoms. The van der Waals surface area contributed by atoms with E-state index in [1.807, 2.05) is 19.1 Å². The monoisotopic (exact) mass is 366 g/mol. The fourth-order valence-corrected chi connectivity index (χ4v) is 2.45. The van der Waals surface area contributed by atoms with Crippen LogP contribution in [0.4, 0.5) is 10.1 Å². The van der Waals surface area contributed by atoms with Crippen molar-refractivity contribution in [3.63, 3.8) is 0 Å². The number of benzene rings is 2. The highest BCUT2D eigenvalue weighted by atomic mass is 79.9. The normalized spacial score (nSPS) is 10.7. The smallest absolute Gasteiger partial charge is 0.174 e. The molecule has 0 spiro atoms. The summed E-state index contributed by atoms with van der Waals surface area (Å²) >= 11 is 3.44. The van der Waals surface area contributed by atoms with Crippen molar-refractivity contribution in [2.24, 2.45) is 5.10 Å². The molecule has 0 radical (unpaired) electrons. The molecule has 0 fully saturated rings. The Morgan fingerprint density at radius 3 is 2.64 bits per heavy atom. The minimum Gasteiger partial charge on any atom is -0.492 e. The van der Waals surface area contributed by atoms with Gasteiger partial charge in [-0.15, -0.1) is 0 Å². The van der Waals surface area contributed by atoms with Gasteiger partial charge in [-0.3, -0.25) is 5.43 Å². The van der Waals surface area contributed by atoms with Crippen LogP contribution in [-0.2, 0) is 0 Å². The summed E-state index contributed by atoms with van der Waals surface area (Å²) in [5.41, 5.74) is 4.38. The van der Waals surface area contributed by atoms with Crippen LogP contribution in [-0.4, -0.2) is 19.9 Å². The van der Waals surface area contributed by atoms with Crippen LogP contribution in [0.2, 0.25) is 0 Å². The average molecular weight is 367 g/mol. The number of nitrogens with one attached hydrogen (secondary N) is 1. The molecule has 116 valence electrons. The fraction of sp³-hybridized carbons (Fsp3) is 0.188. The van der Waals surface area contributed by atoms with Gasteiger partial charge in [-0.2, -0.15) is 5.10 Å². The van der Waals surface area contributed by atoms with Gasteiger partial charge in [0.2, 0.25) is 0 Å². The van der Waals surface area contributed by atoms with Gasteiger partial charge in [0.15, 0.2) is 11.5 Å². The maximum atomic E-state index is 12.8. The quantitative estimate of drug-likeness (QED) is 0.606. The molecule has 2 aromatic carbocycles. The average Bonchev–Trinajstić information content (AvgIpc) is 2.49. The summed E-state index contributed by atoms with van der Waals surface area (Å²) in [6.45, 7) is 2.45. The van der Waals surface area contributed by atoms with Gasteiger partial charge in [-0.1, -0.05) is 0 Å². The third-order valence-electron chi connectivity index (χ3n) is 2.79. The Balaban J connectivity index is 2.14. The molecular weight excluding hydrogens is 351 g/mol. The molecule has 0 unspecified atom stereocenters. The van der Waals surface area contributed by atoms with Gasteiger partial charge in [0.1, 0.15) is 5.82 Å². The predicted octanol–water partition coefficient (Wildman–Crippen LogP) is 4.44.